The fourth-order valence-corrected chi connectivity index (χ4v) is 3.36. The maximum atomic E-state index is 12.7. The zero-order valence-electron chi connectivity index (χ0n) is 16.1. The average Bonchev–Trinajstić information content (AvgIpc) is 2.77. The molecule has 2 aromatic rings. The summed E-state index contributed by atoms with van der Waals surface area (Å²) in [5.41, 5.74) is 2.70. The zero-order chi connectivity index (χ0) is 19.4. The molecule has 2 aromatic carbocycles. The van der Waals surface area contributed by atoms with E-state index in [0.717, 1.165) is 31.2 Å². The number of carbonyl (C=O) groups is 2. The van der Waals surface area contributed by atoms with Crippen molar-refractivity contribution in [3.05, 3.63) is 47.5 Å². The predicted molar refractivity (Wildman–Crippen MR) is 108 cm³/mol. The molecular formula is C22H26N2O3. The molecule has 0 aliphatic carbocycles. The molecule has 0 atom stereocenters. The van der Waals surface area contributed by atoms with Crippen molar-refractivity contribution in [2.45, 2.75) is 46.5 Å². The summed E-state index contributed by atoms with van der Waals surface area (Å²) in [6, 6.07) is 10.8. The fourth-order valence-electron chi connectivity index (χ4n) is 3.36. The molecule has 0 radical (unpaired) electrons. The van der Waals surface area contributed by atoms with Gasteiger partial charge >= 0.3 is 0 Å². The van der Waals surface area contributed by atoms with Crippen molar-refractivity contribution in [2.75, 3.05) is 10.6 Å². The van der Waals surface area contributed by atoms with Gasteiger partial charge < -0.3 is 15.4 Å². The van der Waals surface area contributed by atoms with E-state index < -0.39 is 0 Å². The van der Waals surface area contributed by atoms with Crippen LogP contribution in [0.4, 0.5) is 11.4 Å². The minimum atomic E-state index is -0.246. The Hall–Kier alpha value is -2.82. The highest BCUT2D eigenvalue weighted by molar-refractivity contribution is 6.09. The third-order valence-electron chi connectivity index (χ3n) is 4.74. The highest BCUT2D eigenvalue weighted by atomic mass is 16.5. The van der Waals surface area contributed by atoms with Crippen LogP contribution in [0.1, 0.15) is 55.5 Å². The smallest absolute Gasteiger partial charge is 0.259 e. The predicted octanol–water partition coefficient (Wildman–Crippen LogP) is 5.51. The molecule has 2 amide bonds. The number of anilines is 2. The summed E-state index contributed by atoms with van der Waals surface area (Å²) in [5, 5.41) is 5.85. The van der Waals surface area contributed by atoms with Crippen molar-refractivity contribution in [1.29, 1.82) is 0 Å². The molecule has 1 aliphatic heterocycles. The Morgan fingerprint density at radius 2 is 1.78 bits per heavy atom. The lowest BCUT2D eigenvalue weighted by atomic mass is 9.97. The highest BCUT2D eigenvalue weighted by Gasteiger charge is 2.22. The van der Waals surface area contributed by atoms with Crippen LogP contribution in [0.5, 0.6) is 11.5 Å². The maximum Gasteiger partial charge on any atom is 0.259 e. The molecule has 1 aliphatic rings. The van der Waals surface area contributed by atoms with Crippen molar-refractivity contribution in [3.8, 4) is 11.5 Å². The Morgan fingerprint density at radius 1 is 1.07 bits per heavy atom. The molecule has 5 heteroatoms. The number of aryl methyl sites for hydroxylation is 1. The van der Waals surface area contributed by atoms with Crippen LogP contribution in [0.3, 0.4) is 0 Å². The van der Waals surface area contributed by atoms with E-state index in [1.165, 1.54) is 0 Å². The summed E-state index contributed by atoms with van der Waals surface area (Å²) < 4.78 is 5.92. The van der Waals surface area contributed by atoms with Crippen LogP contribution < -0.4 is 15.4 Å². The van der Waals surface area contributed by atoms with Gasteiger partial charge in [0.05, 0.1) is 11.3 Å². The van der Waals surface area contributed by atoms with Crippen LogP contribution in [0.15, 0.2) is 36.4 Å². The van der Waals surface area contributed by atoms with Crippen LogP contribution in [-0.2, 0) is 4.79 Å². The number of carbonyl (C=O) groups excluding carboxylic acids is 2. The normalized spacial score (nSPS) is 12.5. The van der Waals surface area contributed by atoms with E-state index in [4.69, 9.17) is 4.74 Å². The quantitative estimate of drug-likeness (QED) is 0.708. The van der Waals surface area contributed by atoms with E-state index in [0.29, 0.717) is 28.4 Å². The second-order valence-corrected chi connectivity index (χ2v) is 7.03. The van der Waals surface area contributed by atoms with Gasteiger partial charge in [0.1, 0.15) is 5.75 Å². The Bertz CT molecular complexity index is 855. The van der Waals surface area contributed by atoms with Gasteiger partial charge in [0.15, 0.2) is 5.75 Å². The number of ether oxygens (including phenoxy) is 1. The highest BCUT2D eigenvalue weighted by Crippen LogP contribution is 2.37. The summed E-state index contributed by atoms with van der Waals surface area (Å²) in [5.74, 6) is 0.843. The summed E-state index contributed by atoms with van der Waals surface area (Å²) in [4.78, 5) is 25.2. The summed E-state index contributed by atoms with van der Waals surface area (Å²) in [6.07, 6.45) is 3.66. The van der Waals surface area contributed by atoms with Gasteiger partial charge in [-0.05, 0) is 55.7 Å². The second kappa shape index (κ2) is 8.25. The Kier molecular flexibility index (Phi) is 5.79. The summed E-state index contributed by atoms with van der Waals surface area (Å²) in [7, 11) is 0. The van der Waals surface area contributed by atoms with Gasteiger partial charge in [0.25, 0.3) is 5.91 Å². The van der Waals surface area contributed by atoms with Gasteiger partial charge in [-0.15, -0.1) is 0 Å². The van der Waals surface area contributed by atoms with Crippen LogP contribution in [0, 0.1) is 12.8 Å². The fraction of sp³-hybridized carbons (Fsp3) is 0.364. The third kappa shape index (κ3) is 4.30. The molecule has 0 aromatic heterocycles. The number of fused-ring (bicyclic) bond motifs is 2. The number of rotatable bonds is 6. The maximum absolute atomic E-state index is 12.7. The van der Waals surface area contributed by atoms with E-state index >= 15 is 0 Å². The molecule has 0 unspecified atom stereocenters. The minimum absolute atomic E-state index is 0.00360. The number of hydrogen-bond acceptors (Lipinski definition) is 3. The first-order valence-electron chi connectivity index (χ1n) is 9.56. The molecule has 5 nitrogen and oxygen atoms in total. The van der Waals surface area contributed by atoms with Gasteiger partial charge in [-0.1, -0.05) is 32.8 Å². The molecule has 0 saturated heterocycles. The number of amides is 2. The van der Waals surface area contributed by atoms with Crippen molar-refractivity contribution >= 4 is 23.2 Å². The minimum Gasteiger partial charge on any atom is -0.454 e. The molecule has 27 heavy (non-hydrogen) atoms. The molecule has 0 spiro atoms. The van der Waals surface area contributed by atoms with Crippen molar-refractivity contribution in [3.63, 3.8) is 0 Å². The van der Waals surface area contributed by atoms with Gasteiger partial charge in [0, 0.05) is 11.6 Å². The van der Waals surface area contributed by atoms with Crippen molar-refractivity contribution in [2.24, 2.45) is 5.92 Å². The number of nitrogens with one attached hydrogen (secondary N) is 2. The topological polar surface area (TPSA) is 67.4 Å². The summed E-state index contributed by atoms with van der Waals surface area (Å²) >= 11 is 0. The third-order valence-corrected chi connectivity index (χ3v) is 4.74. The lowest BCUT2D eigenvalue weighted by Gasteiger charge is -2.16. The molecule has 0 fully saturated rings. The van der Waals surface area contributed by atoms with E-state index in [-0.39, 0.29) is 17.7 Å². The SMILES string of the molecule is CCCC(CCC)C(=O)Nc1ccc2c(c1)C(=O)Nc1cc(C)ccc1O2. The van der Waals surface area contributed by atoms with Crippen molar-refractivity contribution < 1.29 is 14.3 Å². The van der Waals surface area contributed by atoms with E-state index in [1.54, 1.807) is 18.2 Å². The first-order chi connectivity index (χ1) is 13.0. The van der Waals surface area contributed by atoms with E-state index in [1.807, 2.05) is 25.1 Å². The Morgan fingerprint density at radius 3 is 2.48 bits per heavy atom. The van der Waals surface area contributed by atoms with Crippen LogP contribution in [0.25, 0.3) is 0 Å². The molecule has 0 bridgehead atoms. The van der Waals surface area contributed by atoms with Crippen LogP contribution in [0.2, 0.25) is 0 Å². The van der Waals surface area contributed by atoms with Crippen molar-refractivity contribution in [1.82, 2.24) is 0 Å². The van der Waals surface area contributed by atoms with Gasteiger partial charge in [0.2, 0.25) is 5.91 Å². The number of benzene rings is 2. The molecule has 2 N–H and O–H groups in total. The summed E-state index contributed by atoms with van der Waals surface area (Å²) in [6.45, 7) is 6.12. The molecule has 1 heterocycles. The first-order valence-corrected chi connectivity index (χ1v) is 9.56. The first kappa shape index (κ1) is 19.0. The van der Waals surface area contributed by atoms with E-state index in [9.17, 15) is 9.59 Å². The van der Waals surface area contributed by atoms with Gasteiger partial charge in [-0.3, -0.25) is 9.59 Å². The van der Waals surface area contributed by atoms with Crippen LogP contribution in [-0.4, -0.2) is 11.8 Å². The molecule has 142 valence electrons. The molecule has 3 rings (SSSR count). The lowest BCUT2D eigenvalue weighted by molar-refractivity contribution is -0.120. The molecular weight excluding hydrogens is 340 g/mol. The zero-order valence-corrected chi connectivity index (χ0v) is 16.1. The number of hydrogen-bond donors (Lipinski definition) is 2. The van der Waals surface area contributed by atoms with Crippen LogP contribution >= 0.6 is 0 Å². The Balaban J connectivity index is 1.83. The van der Waals surface area contributed by atoms with E-state index in [2.05, 4.69) is 24.5 Å². The monoisotopic (exact) mass is 366 g/mol. The standard InChI is InChI=1S/C22H26N2O3/c1-4-6-15(7-5-2)21(25)23-16-9-11-19-17(13-16)22(26)24-18-12-14(3)8-10-20(18)27-19/h8-13,15H,4-7H2,1-3H3,(H,23,25)(H,24,26). The molecule has 0 saturated carbocycles. The van der Waals surface area contributed by atoms with Gasteiger partial charge in [-0.2, -0.15) is 0 Å². The Labute approximate surface area is 160 Å². The average molecular weight is 366 g/mol. The van der Waals surface area contributed by atoms with Gasteiger partial charge in [-0.25, -0.2) is 0 Å². The second-order valence-electron chi connectivity index (χ2n) is 7.03. The lowest BCUT2D eigenvalue weighted by Crippen LogP contribution is -2.23. The largest absolute Gasteiger partial charge is 0.454 e.